The quantitative estimate of drug-likeness (QED) is 0.882. The third kappa shape index (κ3) is 3.71. The Bertz CT molecular complexity index is 369. The molecule has 1 unspecified atom stereocenters. The fourth-order valence-electron chi connectivity index (χ4n) is 2.91. The predicted octanol–water partition coefficient (Wildman–Crippen LogP) is 2.48. The van der Waals surface area contributed by atoms with Crippen LogP contribution in [0.1, 0.15) is 24.3 Å². The van der Waals surface area contributed by atoms with Crippen LogP contribution in [0.5, 0.6) is 0 Å². The van der Waals surface area contributed by atoms with E-state index in [1.54, 1.807) is 0 Å². The standard InChI is InChI=1S/C16H26N2O/c1-17-12-16(14-8-10-19-11-9-14)13-4-6-15(7-5-13)18(2)3/h4-7,14,16-17H,8-12H2,1-3H3. The van der Waals surface area contributed by atoms with Crippen LogP contribution in [0.15, 0.2) is 24.3 Å². The minimum Gasteiger partial charge on any atom is -0.381 e. The van der Waals surface area contributed by atoms with Crippen molar-refractivity contribution >= 4 is 5.69 Å². The smallest absolute Gasteiger partial charge is 0.0468 e. The molecule has 3 nitrogen and oxygen atoms in total. The number of anilines is 1. The lowest BCUT2D eigenvalue weighted by molar-refractivity contribution is 0.0579. The summed E-state index contributed by atoms with van der Waals surface area (Å²) in [6, 6.07) is 9.01. The minimum absolute atomic E-state index is 0.602. The minimum atomic E-state index is 0.602. The van der Waals surface area contributed by atoms with Crippen molar-refractivity contribution in [2.75, 3.05) is 45.8 Å². The van der Waals surface area contributed by atoms with Crippen LogP contribution in [-0.4, -0.2) is 40.9 Å². The molecule has 0 radical (unpaired) electrons. The molecule has 0 amide bonds. The number of likely N-dealkylation sites (N-methyl/N-ethyl adjacent to an activating group) is 1. The number of nitrogens with zero attached hydrogens (tertiary/aromatic N) is 1. The van der Waals surface area contributed by atoms with E-state index in [0.29, 0.717) is 5.92 Å². The molecule has 0 aromatic heterocycles. The van der Waals surface area contributed by atoms with Gasteiger partial charge in [0.15, 0.2) is 0 Å². The summed E-state index contributed by atoms with van der Waals surface area (Å²) in [6.45, 7) is 2.88. The molecule has 1 N–H and O–H groups in total. The van der Waals surface area contributed by atoms with Gasteiger partial charge in [-0.3, -0.25) is 0 Å². The molecule has 0 aliphatic carbocycles. The highest BCUT2D eigenvalue weighted by Gasteiger charge is 2.24. The van der Waals surface area contributed by atoms with E-state index in [1.165, 1.54) is 24.1 Å². The second-order valence-corrected chi connectivity index (χ2v) is 5.60. The monoisotopic (exact) mass is 262 g/mol. The van der Waals surface area contributed by atoms with Crippen LogP contribution < -0.4 is 10.2 Å². The third-order valence-corrected chi connectivity index (χ3v) is 4.10. The van der Waals surface area contributed by atoms with Gasteiger partial charge in [-0.15, -0.1) is 0 Å². The summed E-state index contributed by atoms with van der Waals surface area (Å²) in [5.74, 6) is 1.34. The molecule has 0 saturated carbocycles. The van der Waals surface area contributed by atoms with Gasteiger partial charge in [0, 0.05) is 39.5 Å². The summed E-state index contributed by atoms with van der Waals surface area (Å²) < 4.78 is 5.49. The molecule has 19 heavy (non-hydrogen) atoms. The first-order chi connectivity index (χ1) is 9.22. The van der Waals surface area contributed by atoms with Gasteiger partial charge in [0.1, 0.15) is 0 Å². The van der Waals surface area contributed by atoms with E-state index in [9.17, 15) is 0 Å². The molecule has 1 aromatic carbocycles. The van der Waals surface area contributed by atoms with Gasteiger partial charge in [0.2, 0.25) is 0 Å². The molecule has 1 aliphatic heterocycles. The van der Waals surface area contributed by atoms with Gasteiger partial charge in [0.25, 0.3) is 0 Å². The van der Waals surface area contributed by atoms with E-state index in [1.807, 2.05) is 7.05 Å². The van der Waals surface area contributed by atoms with Crippen LogP contribution in [0.3, 0.4) is 0 Å². The highest BCUT2D eigenvalue weighted by molar-refractivity contribution is 5.46. The zero-order valence-electron chi connectivity index (χ0n) is 12.4. The fourth-order valence-corrected chi connectivity index (χ4v) is 2.91. The fraction of sp³-hybridized carbons (Fsp3) is 0.625. The van der Waals surface area contributed by atoms with E-state index in [4.69, 9.17) is 4.74 Å². The van der Waals surface area contributed by atoms with Crippen molar-refractivity contribution in [1.29, 1.82) is 0 Å². The van der Waals surface area contributed by atoms with Gasteiger partial charge in [0.05, 0.1) is 0 Å². The summed E-state index contributed by atoms with van der Waals surface area (Å²) in [4.78, 5) is 2.14. The molecule has 0 bridgehead atoms. The highest BCUT2D eigenvalue weighted by Crippen LogP contribution is 2.32. The highest BCUT2D eigenvalue weighted by atomic mass is 16.5. The Morgan fingerprint density at radius 3 is 2.37 bits per heavy atom. The zero-order chi connectivity index (χ0) is 13.7. The molecule has 106 valence electrons. The van der Waals surface area contributed by atoms with Crippen molar-refractivity contribution < 1.29 is 4.74 Å². The average Bonchev–Trinajstić information content (AvgIpc) is 2.46. The normalized spacial score (nSPS) is 18.3. The van der Waals surface area contributed by atoms with Crippen molar-refractivity contribution in [2.45, 2.75) is 18.8 Å². The van der Waals surface area contributed by atoms with Crippen molar-refractivity contribution in [1.82, 2.24) is 5.32 Å². The Labute approximate surface area is 116 Å². The number of hydrogen-bond acceptors (Lipinski definition) is 3. The maximum atomic E-state index is 5.49. The number of rotatable bonds is 5. The van der Waals surface area contributed by atoms with Crippen molar-refractivity contribution in [2.24, 2.45) is 5.92 Å². The summed E-state index contributed by atoms with van der Waals surface area (Å²) in [7, 11) is 6.21. The molecule has 1 atom stereocenters. The van der Waals surface area contributed by atoms with Gasteiger partial charge < -0.3 is 15.0 Å². The molecule has 2 rings (SSSR count). The molecule has 1 heterocycles. The Morgan fingerprint density at radius 2 is 1.84 bits per heavy atom. The number of hydrogen-bond donors (Lipinski definition) is 1. The molecule has 3 heteroatoms. The van der Waals surface area contributed by atoms with Crippen LogP contribution >= 0.6 is 0 Å². The summed E-state index contributed by atoms with van der Waals surface area (Å²) in [6.07, 6.45) is 2.36. The second-order valence-electron chi connectivity index (χ2n) is 5.60. The van der Waals surface area contributed by atoms with Gasteiger partial charge in [-0.05, 0) is 49.4 Å². The Balaban J connectivity index is 2.13. The largest absolute Gasteiger partial charge is 0.381 e. The van der Waals surface area contributed by atoms with E-state index in [2.05, 4.69) is 48.6 Å². The van der Waals surface area contributed by atoms with Crippen LogP contribution in [0.25, 0.3) is 0 Å². The first-order valence-corrected chi connectivity index (χ1v) is 7.22. The topological polar surface area (TPSA) is 24.5 Å². The van der Waals surface area contributed by atoms with Crippen LogP contribution in [0, 0.1) is 5.92 Å². The molecular formula is C16H26N2O. The summed E-state index contributed by atoms with van der Waals surface area (Å²) in [5.41, 5.74) is 2.71. The molecule has 1 saturated heterocycles. The lowest BCUT2D eigenvalue weighted by atomic mass is 9.81. The Morgan fingerprint density at radius 1 is 1.21 bits per heavy atom. The summed E-state index contributed by atoms with van der Waals surface area (Å²) in [5, 5.41) is 3.35. The number of ether oxygens (including phenoxy) is 1. The first kappa shape index (κ1) is 14.4. The van der Waals surface area contributed by atoms with Crippen LogP contribution in [-0.2, 0) is 4.74 Å². The molecule has 1 aliphatic rings. The molecule has 0 spiro atoms. The van der Waals surface area contributed by atoms with E-state index in [-0.39, 0.29) is 0 Å². The predicted molar refractivity (Wildman–Crippen MR) is 81.0 cm³/mol. The zero-order valence-corrected chi connectivity index (χ0v) is 12.4. The van der Waals surface area contributed by atoms with Gasteiger partial charge in [-0.25, -0.2) is 0 Å². The second kappa shape index (κ2) is 6.92. The van der Waals surface area contributed by atoms with E-state index in [0.717, 1.165) is 25.7 Å². The average molecular weight is 262 g/mol. The van der Waals surface area contributed by atoms with Crippen molar-refractivity contribution in [3.63, 3.8) is 0 Å². The maximum absolute atomic E-state index is 5.49. The van der Waals surface area contributed by atoms with Gasteiger partial charge in [-0.2, -0.15) is 0 Å². The third-order valence-electron chi connectivity index (χ3n) is 4.10. The van der Waals surface area contributed by atoms with Crippen molar-refractivity contribution in [3.8, 4) is 0 Å². The van der Waals surface area contributed by atoms with Gasteiger partial charge in [-0.1, -0.05) is 12.1 Å². The molecule has 1 aromatic rings. The van der Waals surface area contributed by atoms with Crippen LogP contribution in [0.2, 0.25) is 0 Å². The molecular weight excluding hydrogens is 236 g/mol. The first-order valence-electron chi connectivity index (χ1n) is 7.22. The lowest BCUT2D eigenvalue weighted by Gasteiger charge is -2.31. The summed E-state index contributed by atoms with van der Waals surface area (Å²) >= 11 is 0. The van der Waals surface area contributed by atoms with Crippen LogP contribution in [0.4, 0.5) is 5.69 Å². The number of benzene rings is 1. The van der Waals surface area contributed by atoms with E-state index < -0.39 is 0 Å². The Kier molecular flexibility index (Phi) is 5.23. The maximum Gasteiger partial charge on any atom is 0.0468 e. The Hall–Kier alpha value is -1.06. The van der Waals surface area contributed by atoms with Gasteiger partial charge >= 0.3 is 0 Å². The van der Waals surface area contributed by atoms with Crippen molar-refractivity contribution in [3.05, 3.63) is 29.8 Å². The number of nitrogens with one attached hydrogen (secondary N) is 1. The van der Waals surface area contributed by atoms with E-state index >= 15 is 0 Å². The lowest BCUT2D eigenvalue weighted by Crippen LogP contribution is -2.28. The SMILES string of the molecule is CNCC(c1ccc(N(C)C)cc1)C1CCOCC1. The molecule has 1 fully saturated rings.